The molecule has 0 amide bonds. The lowest BCUT2D eigenvalue weighted by Gasteiger charge is -2.15. The average molecular weight is 291 g/mol. The molecule has 6 heteroatoms. The van der Waals surface area contributed by atoms with Crippen molar-refractivity contribution in [3.8, 4) is 0 Å². The van der Waals surface area contributed by atoms with Gasteiger partial charge in [-0.15, -0.1) is 0 Å². The van der Waals surface area contributed by atoms with Gasteiger partial charge in [-0.25, -0.2) is 9.78 Å². The predicted molar refractivity (Wildman–Crippen MR) is 79.4 cm³/mol. The van der Waals surface area contributed by atoms with Gasteiger partial charge in [0.1, 0.15) is 5.82 Å². The van der Waals surface area contributed by atoms with Crippen molar-refractivity contribution in [2.24, 2.45) is 0 Å². The Hall–Kier alpha value is -1.95. The van der Waals surface area contributed by atoms with Crippen LogP contribution in [0, 0.1) is 0 Å². The lowest BCUT2D eigenvalue weighted by Crippen LogP contribution is -2.16. The van der Waals surface area contributed by atoms with Gasteiger partial charge in [-0.05, 0) is 24.1 Å². The minimum atomic E-state index is -0.904. The second-order valence-electron chi connectivity index (χ2n) is 4.60. The maximum Gasteiger partial charge on any atom is 0.335 e. The van der Waals surface area contributed by atoms with Gasteiger partial charge in [0.05, 0.1) is 5.56 Å². The smallest absolute Gasteiger partial charge is 0.335 e. The molecule has 0 saturated heterocycles. The molecule has 1 heterocycles. The van der Waals surface area contributed by atoms with Crippen LogP contribution in [0.1, 0.15) is 35.1 Å². The summed E-state index contributed by atoms with van der Waals surface area (Å²) in [5.41, 5.74) is 1.35. The largest absolute Gasteiger partial charge is 0.478 e. The molecular formula is C14H17N3O2S. The van der Waals surface area contributed by atoms with Gasteiger partial charge in [0.2, 0.25) is 5.13 Å². The van der Waals surface area contributed by atoms with Gasteiger partial charge >= 0.3 is 5.97 Å². The molecule has 0 radical (unpaired) electrons. The highest BCUT2D eigenvalue weighted by atomic mass is 32.1. The Morgan fingerprint density at radius 1 is 1.35 bits per heavy atom. The Bertz CT molecular complexity index is 580. The first-order valence-corrected chi connectivity index (χ1v) is 7.23. The number of rotatable bonds is 6. The molecule has 0 aliphatic rings. The molecule has 0 spiro atoms. The highest BCUT2D eigenvalue weighted by Crippen LogP contribution is 2.19. The molecule has 1 aromatic heterocycles. The standard InChI is InChI=1S/C14H17N3O2S/c1-3-4-12-15-14(20-16-12)17(2)9-10-5-7-11(8-6-10)13(18)19/h5-8H,3-4,9H2,1-2H3,(H,18,19). The zero-order valence-corrected chi connectivity index (χ0v) is 12.4. The molecule has 20 heavy (non-hydrogen) atoms. The van der Waals surface area contributed by atoms with Crippen LogP contribution in [-0.2, 0) is 13.0 Å². The Morgan fingerprint density at radius 3 is 2.65 bits per heavy atom. The zero-order chi connectivity index (χ0) is 14.5. The summed E-state index contributed by atoms with van der Waals surface area (Å²) in [4.78, 5) is 17.3. The number of hydrogen-bond donors (Lipinski definition) is 1. The minimum absolute atomic E-state index is 0.303. The van der Waals surface area contributed by atoms with Crippen molar-refractivity contribution in [2.75, 3.05) is 11.9 Å². The van der Waals surface area contributed by atoms with Crippen LogP contribution in [0.5, 0.6) is 0 Å². The van der Waals surface area contributed by atoms with Crippen molar-refractivity contribution in [3.63, 3.8) is 0 Å². The molecule has 0 bridgehead atoms. The maximum atomic E-state index is 10.8. The fraction of sp³-hybridized carbons (Fsp3) is 0.357. The predicted octanol–water partition coefficient (Wildman–Crippen LogP) is 2.83. The molecule has 0 aliphatic heterocycles. The van der Waals surface area contributed by atoms with Crippen LogP contribution < -0.4 is 4.90 Å². The Labute approximate surface area is 122 Å². The van der Waals surface area contributed by atoms with Crippen LogP contribution in [0.2, 0.25) is 0 Å². The molecule has 106 valence electrons. The van der Waals surface area contributed by atoms with E-state index in [9.17, 15) is 4.79 Å². The Kier molecular flexibility index (Phi) is 4.68. The molecule has 0 aliphatic carbocycles. The summed E-state index contributed by atoms with van der Waals surface area (Å²) in [6, 6.07) is 6.89. The quantitative estimate of drug-likeness (QED) is 0.886. The van der Waals surface area contributed by atoms with E-state index in [0.717, 1.165) is 29.4 Å². The summed E-state index contributed by atoms with van der Waals surface area (Å²) in [5, 5.41) is 9.75. The van der Waals surface area contributed by atoms with E-state index in [0.29, 0.717) is 12.1 Å². The van der Waals surface area contributed by atoms with Gasteiger partial charge < -0.3 is 10.0 Å². The maximum absolute atomic E-state index is 10.8. The van der Waals surface area contributed by atoms with E-state index < -0.39 is 5.97 Å². The third kappa shape index (κ3) is 3.54. The molecule has 0 fully saturated rings. The van der Waals surface area contributed by atoms with Crippen LogP contribution >= 0.6 is 11.5 Å². The normalized spacial score (nSPS) is 10.5. The third-order valence-corrected chi connectivity index (χ3v) is 3.75. The Morgan fingerprint density at radius 2 is 2.05 bits per heavy atom. The van der Waals surface area contributed by atoms with Gasteiger partial charge in [0.15, 0.2) is 0 Å². The number of benzene rings is 1. The summed E-state index contributed by atoms with van der Waals surface area (Å²) >= 11 is 1.40. The minimum Gasteiger partial charge on any atom is -0.478 e. The van der Waals surface area contributed by atoms with Gasteiger partial charge in [-0.3, -0.25) is 0 Å². The number of nitrogens with zero attached hydrogens (tertiary/aromatic N) is 3. The molecule has 1 N–H and O–H groups in total. The van der Waals surface area contributed by atoms with E-state index in [2.05, 4.69) is 16.3 Å². The lowest BCUT2D eigenvalue weighted by molar-refractivity contribution is 0.0697. The zero-order valence-electron chi connectivity index (χ0n) is 11.5. The van der Waals surface area contributed by atoms with E-state index in [1.165, 1.54) is 11.5 Å². The average Bonchev–Trinajstić information content (AvgIpc) is 2.88. The number of aryl methyl sites for hydroxylation is 1. The number of anilines is 1. The second kappa shape index (κ2) is 6.47. The fourth-order valence-corrected chi connectivity index (χ4v) is 2.49. The highest BCUT2D eigenvalue weighted by Gasteiger charge is 2.09. The molecule has 0 atom stereocenters. The summed E-state index contributed by atoms with van der Waals surface area (Å²) < 4.78 is 4.32. The van der Waals surface area contributed by atoms with Crippen LogP contribution in [0.3, 0.4) is 0 Å². The molecule has 1 aromatic carbocycles. The van der Waals surface area contributed by atoms with Gasteiger partial charge in [0.25, 0.3) is 0 Å². The number of carboxylic acids is 1. The monoisotopic (exact) mass is 291 g/mol. The first-order chi connectivity index (χ1) is 9.60. The molecule has 2 aromatic rings. The van der Waals surface area contributed by atoms with Crippen molar-refractivity contribution >= 4 is 22.6 Å². The molecule has 5 nitrogen and oxygen atoms in total. The summed E-state index contributed by atoms with van der Waals surface area (Å²) in [6.07, 6.45) is 1.94. The van der Waals surface area contributed by atoms with E-state index in [-0.39, 0.29) is 0 Å². The van der Waals surface area contributed by atoms with Gasteiger partial charge in [-0.1, -0.05) is 19.1 Å². The summed E-state index contributed by atoms with van der Waals surface area (Å²) in [5.74, 6) is -0.0150. The van der Waals surface area contributed by atoms with E-state index in [1.807, 2.05) is 24.1 Å². The van der Waals surface area contributed by atoms with Gasteiger partial charge in [0, 0.05) is 31.5 Å². The van der Waals surface area contributed by atoms with Crippen molar-refractivity contribution in [1.82, 2.24) is 9.36 Å². The molecule has 2 rings (SSSR count). The van der Waals surface area contributed by atoms with Crippen molar-refractivity contribution in [1.29, 1.82) is 0 Å². The van der Waals surface area contributed by atoms with Crippen molar-refractivity contribution in [3.05, 3.63) is 41.2 Å². The fourth-order valence-electron chi connectivity index (χ4n) is 1.82. The summed E-state index contributed by atoms with van der Waals surface area (Å²) in [6.45, 7) is 2.79. The van der Waals surface area contributed by atoms with E-state index in [4.69, 9.17) is 5.11 Å². The second-order valence-corrected chi connectivity index (χ2v) is 5.33. The molecule has 0 saturated carbocycles. The summed E-state index contributed by atoms with van der Waals surface area (Å²) in [7, 11) is 1.96. The first kappa shape index (κ1) is 14.5. The molecular weight excluding hydrogens is 274 g/mol. The molecule has 0 unspecified atom stereocenters. The van der Waals surface area contributed by atoms with Gasteiger partial charge in [-0.2, -0.15) is 4.37 Å². The number of aromatic carboxylic acids is 1. The third-order valence-electron chi connectivity index (χ3n) is 2.88. The topological polar surface area (TPSA) is 66.3 Å². The van der Waals surface area contributed by atoms with Crippen LogP contribution in [0.4, 0.5) is 5.13 Å². The van der Waals surface area contributed by atoms with Crippen molar-refractivity contribution in [2.45, 2.75) is 26.3 Å². The number of aromatic nitrogens is 2. The SMILES string of the molecule is CCCc1nsc(N(C)Cc2ccc(C(=O)O)cc2)n1. The number of carbonyl (C=O) groups is 1. The highest BCUT2D eigenvalue weighted by molar-refractivity contribution is 7.09. The lowest BCUT2D eigenvalue weighted by atomic mass is 10.1. The number of hydrogen-bond acceptors (Lipinski definition) is 5. The van der Waals surface area contributed by atoms with Crippen LogP contribution in [0.15, 0.2) is 24.3 Å². The first-order valence-electron chi connectivity index (χ1n) is 6.46. The van der Waals surface area contributed by atoms with Crippen LogP contribution in [0.25, 0.3) is 0 Å². The van der Waals surface area contributed by atoms with E-state index in [1.54, 1.807) is 12.1 Å². The number of carboxylic acid groups (broad SMARTS) is 1. The Balaban J connectivity index is 2.02. The van der Waals surface area contributed by atoms with Crippen molar-refractivity contribution < 1.29 is 9.90 Å². The van der Waals surface area contributed by atoms with E-state index >= 15 is 0 Å². The van der Waals surface area contributed by atoms with Crippen LogP contribution in [-0.4, -0.2) is 27.5 Å².